The molecule has 3 aliphatic heterocycles. The molecular weight excluding hydrogens is 466 g/mol. The van der Waals surface area contributed by atoms with E-state index in [1.807, 2.05) is 25.5 Å². The third-order valence-corrected chi connectivity index (χ3v) is 8.36. The van der Waals surface area contributed by atoms with E-state index in [1.54, 1.807) is 0 Å². The molecule has 3 aliphatic rings. The van der Waals surface area contributed by atoms with Crippen molar-refractivity contribution in [1.29, 1.82) is 0 Å². The van der Waals surface area contributed by atoms with E-state index in [2.05, 4.69) is 57.3 Å². The smallest absolute Gasteiger partial charge is 0.213 e. The lowest BCUT2D eigenvalue weighted by atomic mass is 9.77. The predicted molar refractivity (Wildman–Crippen MR) is 147 cm³/mol. The number of nitrogens with one attached hydrogen (secondary N) is 1. The molecule has 0 unspecified atom stereocenters. The van der Waals surface area contributed by atoms with E-state index in [-0.39, 0.29) is 6.04 Å². The molecule has 0 bridgehead atoms. The van der Waals surface area contributed by atoms with E-state index in [0.29, 0.717) is 24.5 Å². The highest BCUT2D eigenvalue weighted by Crippen LogP contribution is 2.46. The number of piperidine rings is 1. The van der Waals surface area contributed by atoms with Gasteiger partial charge in [0.25, 0.3) is 0 Å². The van der Waals surface area contributed by atoms with Gasteiger partial charge in [0, 0.05) is 49.4 Å². The normalized spacial score (nSPS) is 20.8. The molecule has 0 aliphatic carbocycles. The highest BCUT2D eigenvalue weighted by molar-refractivity contribution is 6.06. The van der Waals surface area contributed by atoms with Crippen molar-refractivity contribution in [3.8, 4) is 22.8 Å². The van der Waals surface area contributed by atoms with Gasteiger partial charge in [-0.15, -0.1) is 0 Å². The molecule has 2 fully saturated rings. The molecule has 37 heavy (non-hydrogen) atoms. The van der Waals surface area contributed by atoms with Gasteiger partial charge in [-0.3, -0.25) is 4.98 Å². The average Bonchev–Trinajstić information content (AvgIpc) is 3.05. The Balaban J connectivity index is 1.14. The summed E-state index contributed by atoms with van der Waals surface area (Å²) in [5.74, 6) is 1.52. The Bertz CT molecular complexity index is 1250. The number of anilines is 2. The van der Waals surface area contributed by atoms with Crippen molar-refractivity contribution < 1.29 is 14.2 Å². The second-order valence-electron chi connectivity index (χ2n) is 10.8. The van der Waals surface area contributed by atoms with Crippen LogP contribution in [0.4, 0.5) is 11.4 Å². The number of likely N-dealkylation sites (tertiary alicyclic amines) is 1. The Morgan fingerprint density at radius 3 is 2.65 bits per heavy atom. The van der Waals surface area contributed by atoms with Gasteiger partial charge in [0.2, 0.25) is 5.88 Å². The van der Waals surface area contributed by atoms with Crippen LogP contribution in [-0.2, 0) is 4.74 Å². The van der Waals surface area contributed by atoms with Crippen LogP contribution in [-0.4, -0.2) is 81.1 Å². The van der Waals surface area contributed by atoms with Crippen molar-refractivity contribution >= 4 is 22.3 Å². The molecule has 0 radical (unpaired) electrons. The summed E-state index contributed by atoms with van der Waals surface area (Å²) in [6, 6.07) is 8.41. The molecule has 2 aromatic heterocycles. The lowest BCUT2D eigenvalue weighted by molar-refractivity contribution is -0.139. The van der Waals surface area contributed by atoms with Crippen molar-refractivity contribution in [3.05, 3.63) is 36.7 Å². The first-order chi connectivity index (χ1) is 18.1. The summed E-state index contributed by atoms with van der Waals surface area (Å²) in [6.07, 6.45) is 7.31. The summed E-state index contributed by atoms with van der Waals surface area (Å²) >= 11 is 0. The number of ether oxygens (including phenoxy) is 3. The van der Waals surface area contributed by atoms with Crippen LogP contribution < -0.4 is 19.7 Å². The summed E-state index contributed by atoms with van der Waals surface area (Å²) in [5.41, 5.74) is 5.55. The molecule has 0 saturated carbocycles. The summed E-state index contributed by atoms with van der Waals surface area (Å²) in [6.45, 7) is 8.80. The van der Waals surface area contributed by atoms with E-state index < -0.39 is 0 Å². The highest BCUT2D eigenvalue weighted by Gasteiger charge is 2.40. The fourth-order valence-electron chi connectivity index (χ4n) is 5.72. The minimum absolute atomic E-state index is 0.227. The third kappa shape index (κ3) is 4.57. The van der Waals surface area contributed by atoms with Gasteiger partial charge in [-0.1, -0.05) is 0 Å². The fraction of sp³-hybridized carbons (Fsp3) is 0.517. The number of nitrogens with zero attached hydrogens (tertiary/aromatic N) is 4. The molecule has 2 saturated heterocycles. The van der Waals surface area contributed by atoms with Gasteiger partial charge < -0.3 is 29.3 Å². The van der Waals surface area contributed by atoms with Crippen molar-refractivity contribution in [2.24, 2.45) is 5.41 Å². The SMILES string of the molecule is CNc1cnc2ccc(-c3ccc(OCCCN4CCC5(CC4)COC5)nc3)c3c2c1N(C)[C@@H](C)CO3. The zero-order chi connectivity index (χ0) is 25.4. The summed E-state index contributed by atoms with van der Waals surface area (Å²) in [4.78, 5) is 14.1. The Kier molecular flexibility index (Phi) is 6.55. The minimum Gasteiger partial charge on any atom is -0.490 e. The van der Waals surface area contributed by atoms with Crippen LogP contribution in [0.1, 0.15) is 26.2 Å². The molecule has 6 rings (SSSR count). The minimum atomic E-state index is 0.227. The van der Waals surface area contributed by atoms with Crippen LogP contribution in [0.25, 0.3) is 22.0 Å². The van der Waals surface area contributed by atoms with E-state index in [9.17, 15) is 0 Å². The first kappa shape index (κ1) is 24.2. The Morgan fingerprint density at radius 1 is 1.11 bits per heavy atom. The van der Waals surface area contributed by atoms with E-state index in [1.165, 1.54) is 25.9 Å². The number of rotatable bonds is 7. The van der Waals surface area contributed by atoms with Crippen LogP contribution in [0.15, 0.2) is 36.7 Å². The third-order valence-electron chi connectivity index (χ3n) is 8.36. The number of aromatic nitrogens is 2. The van der Waals surface area contributed by atoms with Gasteiger partial charge in [-0.25, -0.2) is 4.98 Å². The standard InChI is InChI=1S/C29H37N5O3/c1-20-17-37-28-22(6-7-23-26(28)27(33(20)3)24(30-2)16-31-23)21-5-8-25(32-15-21)36-14-4-11-34-12-9-29(10-13-34)18-35-19-29/h5-8,15-16,20,30H,4,9-14,17-19H2,1-3H3/t20-/m0/s1. The molecule has 196 valence electrons. The molecule has 8 nitrogen and oxygen atoms in total. The van der Waals surface area contributed by atoms with E-state index >= 15 is 0 Å². The number of benzene rings is 1. The Labute approximate surface area is 218 Å². The molecule has 1 atom stereocenters. The topological polar surface area (TPSA) is 72.0 Å². The fourth-order valence-corrected chi connectivity index (χ4v) is 5.72. The zero-order valence-corrected chi connectivity index (χ0v) is 22.1. The summed E-state index contributed by atoms with van der Waals surface area (Å²) in [7, 11) is 4.05. The van der Waals surface area contributed by atoms with Crippen LogP contribution in [0.3, 0.4) is 0 Å². The molecule has 8 heteroatoms. The molecule has 3 aromatic rings. The number of hydrogen-bond donors (Lipinski definition) is 1. The zero-order valence-electron chi connectivity index (χ0n) is 22.1. The van der Waals surface area contributed by atoms with Crippen molar-refractivity contribution in [2.45, 2.75) is 32.2 Å². The molecule has 1 aromatic carbocycles. The van der Waals surface area contributed by atoms with Gasteiger partial charge in [-0.2, -0.15) is 0 Å². The number of pyridine rings is 2. The maximum Gasteiger partial charge on any atom is 0.213 e. The maximum atomic E-state index is 6.40. The van der Waals surface area contributed by atoms with Crippen molar-refractivity contribution in [3.63, 3.8) is 0 Å². The lowest BCUT2D eigenvalue weighted by Crippen LogP contribution is -2.51. The second kappa shape index (κ2) is 9.99. The van der Waals surface area contributed by atoms with Gasteiger partial charge >= 0.3 is 0 Å². The van der Waals surface area contributed by atoms with Gasteiger partial charge in [0.1, 0.15) is 12.4 Å². The number of likely N-dealkylation sites (N-methyl/N-ethyl adjacent to an activating group) is 1. The molecule has 1 N–H and O–H groups in total. The molecule has 1 spiro atoms. The maximum absolute atomic E-state index is 6.40. The van der Waals surface area contributed by atoms with Gasteiger partial charge in [0.05, 0.1) is 54.3 Å². The first-order valence-corrected chi connectivity index (χ1v) is 13.5. The van der Waals surface area contributed by atoms with Crippen molar-refractivity contribution in [2.75, 3.05) is 70.4 Å². The Morgan fingerprint density at radius 2 is 1.95 bits per heavy atom. The Hall–Kier alpha value is -3.10. The molecule has 0 amide bonds. The molecule has 5 heterocycles. The second-order valence-corrected chi connectivity index (χ2v) is 10.8. The monoisotopic (exact) mass is 503 g/mol. The van der Waals surface area contributed by atoms with Gasteiger partial charge in [0.15, 0.2) is 0 Å². The predicted octanol–water partition coefficient (Wildman–Crippen LogP) is 4.44. The summed E-state index contributed by atoms with van der Waals surface area (Å²) in [5, 5.41) is 4.33. The highest BCUT2D eigenvalue weighted by atomic mass is 16.5. The lowest BCUT2D eigenvalue weighted by Gasteiger charge is -2.47. The molecular formula is C29H37N5O3. The quantitative estimate of drug-likeness (QED) is 0.475. The van der Waals surface area contributed by atoms with Crippen LogP contribution >= 0.6 is 0 Å². The van der Waals surface area contributed by atoms with Crippen LogP contribution in [0.5, 0.6) is 11.6 Å². The van der Waals surface area contributed by atoms with E-state index in [4.69, 9.17) is 14.2 Å². The average molecular weight is 504 g/mol. The van der Waals surface area contributed by atoms with E-state index in [0.717, 1.165) is 65.3 Å². The largest absolute Gasteiger partial charge is 0.490 e. The van der Waals surface area contributed by atoms with Crippen LogP contribution in [0.2, 0.25) is 0 Å². The number of hydrogen-bond acceptors (Lipinski definition) is 8. The first-order valence-electron chi connectivity index (χ1n) is 13.5. The van der Waals surface area contributed by atoms with Crippen LogP contribution in [0, 0.1) is 5.41 Å². The summed E-state index contributed by atoms with van der Waals surface area (Å²) < 4.78 is 17.8. The van der Waals surface area contributed by atoms with Gasteiger partial charge in [-0.05, 0) is 57.5 Å². The van der Waals surface area contributed by atoms with Crippen molar-refractivity contribution in [1.82, 2.24) is 14.9 Å².